The number of nitrogens with zero attached hydrogens (tertiary/aromatic N) is 2. The molecule has 0 saturated heterocycles. The summed E-state index contributed by atoms with van der Waals surface area (Å²) < 4.78 is 2.03. The van der Waals surface area contributed by atoms with Gasteiger partial charge in [0.25, 0.3) is 0 Å². The average Bonchev–Trinajstić information content (AvgIpc) is 3.12. The molecule has 0 saturated carbocycles. The normalized spacial score (nSPS) is 10.9. The number of carbonyl (C=O) groups excluding carboxylic acids is 1. The predicted octanol–water partition coefficient (Wildman–Crippen LogP) is 3.69. The number of fused-ring (bicyclic) bond motifs is 1. The van der Waals surface area contributed by atoms with E-state index in [2.05, 4.69) is 23.3 Å². The molecule has 0 spiro atoms. The van der Waals surface area contributed by atoms with Crippen LogP contribution < -0.4 is 5.32 Å². The molecule has 0 unspecified atom stereocenters. The van der Waals surface area contributed by atoms with Gasteiger partial charge in [-0.2, -0.15) is 0 Å². The number of hydrogen-bond acceptors (Lipinski definition) is 3. The first-order valence-corrected chi connectivity index (χ1v) is 7.93. The van der Waals surface area contributed by atoms with E-state index >= 15 is 0 Å². The summed E-state index contributed by atoms with van der Waals surface area (Å²) in [6, 6.07) is 12.0. The molecule has 0 radical (unpaired) electrons. The Labute approximate surface area is 127 Å². The van der Waals surface area contributed by atoms with Crippen molar-refractivity contribution in [3.63, 3.8) is 0 Å². The number of para-hydroxylation sites is 2. The van der Waals surface area contributed by atoms with Crippen molar-refractivity contribution in [2.75, 3.05) is 5.32 Å². The smallest absolute Gasteiger partial charge is 0.227 e. The first-order valence-electron chi connectivity index (χ1n) is 7.05. The van der Waals surface area contributed by atoms with Crippen molar-refractivity contribution in [2.45, 2.75) is 26.3 Å². The van der Waals surface area contributed by atoms with Crippen molar-refractivity contribution < 1.29 is 4.79 Å². The number of amides is 1. The highest BCUT2D eigenvalue weighted by atomic mass is 32.1. The second-order valence-electron chi connectivity index (χ2n) is 4.80. The van der Waals surface area contributed by atoms with E-state index in [0.717, 1.165) is 24.0 Å². The van der Waals surface area contributed by atoms with Crippen LogP contribution in [0.3, 0.4) is 0 Å². The zero-order chi connectivity index (χ0) is 14.7. The monoisotopic (exact) mass is 299 g/mol. The number of nitrogens with one attached hydrogen (secondary N) is 1. The third-order valence-electron chi connectivity index (χ3n) is 3.40. The van der Waals surface area contributed by atoms with Crippen LogP contribution in [0.1, 0.15) is 18.2 Å². The zero-order valence-corrected chi connectivity index (χ0v) is 12.7. The Morgan fingerprint density at radius 1 is 1.29 bits per heavy atom. The number of carbonyl (C=O) groups is 1. The van der Waals surface area contributed by atoms with Crippen LogP contribution in [-0.2, 0) is 17.8 Å². The van der Waals surface area contributed by atoms with Gasteiger partial charge in [0.05, 0.1) is 11.0 Å². The summed E-state index contributed by atoms with van der Waals surface area (Å²) >= 11 is 1.68. The van der Waals surface area contributed by atoms with Crippen molar-refractivity contribution in [2.24, 2.45) is 0 Å². The summed E-state index contributed by atoms with van der Waals surface area (Å²) in [7, 11) is 0. The van der Waals surface area contributed by atoms with Gasteiger partial charge in [0.15, 0.2) is 0 Å². The fourth-order valence-corrected chi connectivity index (χ4v) is 3.08. The van der Waals surface area contributed by atoms with Crippen LogP contribution in [0.4, 0.5) is 5.95 Å². The van der Waals surface area contributed by atoms with Gasteiger partial charge in [0.1, 0.15) is 0 Å². The maximum absolute atomic E-state index is 12.1. The first-order chi connectivity index (χ1) is 10.3. The number of aryl methyl sites for hydroxylation is 2. The van der Waals surface area contributed by atoms with E-state index in [1.165, 1.54) is 4.88 Å². The first kappa shape index (κ1) is 13.8. The number of aromatic nitrogens is 2. The number of thiophene rings is 1. The van der Waals surface area contributed by atoms with Crippen LogP contribution in [-0.4, -0.2) is 15.5 Å². The highest BCUT2D eigenvalue weighted by molar-refractivity contribution is 7.09. The predicted molar refractivity (Wildman–Crippen MR) is 86.7 cm³/mol. The van der Waals surface area contributed by atoms with E-state index < -0.39 is 0 Å². The molecule has 2 aromatic heterocycles. The highest BCUT2D eigenvalue weighted by Crippen LogP contribution is 2.19. The number of hydrogen-bond donors (Lipinski definition) is 1. The SMILES string of the molecule is CCn1c(NC(=O)CCc2cccs2)nc2ccccc21. The van der Waals surface area contributed by atoms with E-state index in [1.807, 2.05) is 40.3 Å². The Bertz CT molecular complexity index is 746. The lowest BCUT2D eigenvalue weighted by Crippen LogP contribution is -2.15. The number of benzene rings is 1. The molecule has 0 fully saturated rings. The fourth-order valence-electron chi connectivity index (χ4n) is 2.37. The molecule has 0 aliphatic carbocycles. The Balaban J connectivity index is 1.73. The molecular weight excluding hydrogens is 282 g/mol. The summed E-state index contributed by atoms with van der Waals surface area (Å²) in [4.78, 5) is 17.8. The highest BCUT2D eigenvalue weighted by Gasteiger charge is 2.12. The molecule has 1 amide bonds. The van der Waals surface area contributed by atoms with E-state index in [9.17, 15) is 4.79 Å². The molecule has 21 heavy (non-hydrogen) atoms. The van der Waals surface area contributed by atoms with Gasteiger partial charge in [-0.1, -0.05) is 18.2 Å². The summed E-state index contributed by atoms with van der Waals surface area (Å²) in [5, 5.41) is 4.96. The van der Waals surface area contributed by atoms with E-state index in [1.54, 1.807) is 11.3 Å². The molecule has 2 heterocycles. The number of anilines is 1. The molecule has 0 aliphatic heterocycles. The minimum atomic E-state index is 0.00778. The van der Waals surface area contributed by atoms with Crippen molar-refractivity contribution in [1.29, 1.82) is 0 Å². The molecule has 1 aromatic carbocycles. The van der Waals surface area contributed by atoms with E-state index in [-0.39, 0.29) is 5.91 Å². The van der Waals surface area contributed by atoms with Crippen LogP contribution in [0.15, 0.2) is 41.8 Å². The van der Waals surface area contributed by atoms with Crippen molar-refractivity contribution in [3.8, 4) is 0 Å². The van der Waals surface area contributed by atoms with Crippen LogP contribution >= 0.6 is 11.3 Å². The molecule has 1 N–H and O–H groups in total. The minimum absolute atomic E-state index is 0.00778. The lowest BCUT2D eigenvalue weighted by Gasteiger charge is -2.07. The van der Waals surface area contributed by atoms with Crippen molar-refractivity contribution >= 4 is 34.2 Å². The molecule has 108 valence electrons. The second-order valence-corrected chi connectivity index (χ2v) is 5.83. The number of rotatable bonds is 5. The number of imidazole rings is 1. The van der Waals surface area contributed by atoms with Gasteiger partial charge in [-0.25, -0.2) is 4.98 Å². The average molecular weight is 299 g/mol. The lowest BCUT2D eigenvalue weighted by molar-refractivity contribution is -0.116. The molecular formula is C16H17N3OS. The van der Waals surface area contributed by atoms with Crippen LogP contribution in [0.25, 0.3) is 11.0 Å². The molecule has 3 aromatic rings. The zero-order valence-electron chi connectivity index (χ0n) is 11.9. The quantitative estimate of drug-likeness (QED) is 0.781. The molecule has 4 nitrogen and oxygen atoms in total. The lowest BCUT2D eigenvalue weighted by atomic mass is 10.2. The molecule has 3 rings (SSSR count). The Morgan fingerprint density at radius 2 is 2.14 bits per heavy atom. The Hall–Kier alpha value is -2.14. The molecule has 0 bridgehead atoms. The minimum Gasteiger partial charge on any atom is -0.310 e. The van der Waals surface area contributed by atoms with Crippen molar-refractivity contribution in [1.82, 2.24) is 9.55 Å². The van der Waals surface area contributed by atoms with Crippen LogP contribution in [0.5, 0.6) is 0 Å². The largest absolute Gasteiger partial charge is 0.310 e. The van der Waals surface area contributed by atoms with Gasteiger partial charge in [-0.05, 0) is 36.9 Å². The van der Waals surface area contributed by atoms with E-state index in [0.29, 0.717) is 12.4 Å². The van der Waals surface area contributed by atoms with Gasteiger partial charge in [0.2, 0.25) is 11.9 Å². The maximum Gasteiger partial charge on any atom is 0.227 e. The summed E-state index contributed by atoms with van der Waals surface area (Å²) in [6.45, 7) is 2.83. The fraction of sp³-hybridized carbons (Fsp3) is 0.250. The maximum atomic E-state index is 12.1. The van der Waals surface area contributed by atoms with E-state index in [4.69, 9.17) is 0 Å². The summed E-state index contributed by atoms with van der Waals surface area (Å²) in [5.41, 5.74) is 1.96. The van der Waals surface area contributed by atoms with Crippen LogP contribution in [0, 0.1) is 0 Å². The third kappa shape index (κ3) is 2.97. The standard InChI is InChI=1S/C16H17N3OS/c1-2-19-14-8-4-3-7-13(14)17-16(19)18-15(20)10-9-12-6-5-11-21-12/h3-8,11H,2,9-10H2,1H3,(H,17,18,20). The van der Waals surface area contributed by atoms with Gasteiger partial charge in [-0.3, -0.25) is 10.1 Å². The van der Waals surface area contributed by atoms with Gasteiger partial charge < -0.3 is 4.57 Å². The molecule has 0 atom stereocenters. The second kappa shape index (κ2) is 6.10. The van der Waals surface area contributed by atoms with Crippen LogP contribution in [0.2, 0.25) is 0 Å². The summed E-state index contributed by atoms with van der Waals surface area (Å²) in [5.74, 6) is 0.642. The summed E-state index contributed by atoms with van der Waals surface area (Å²) in [6.07, 6.45) is 1.25. The Kier molecular flexibility index (Phi) is 4.01. The van der Waals surface area contributed by atoms with Crippen molar-refractivity contribution in [3.05, 3.63) is 46.7 Å². The topological polar surface area (TPSA) is 46.9 Å². The third-order valence-corrected chi connectivity index (χ3v) is 4.34. The molecule has 5 heteroatoms. The van der Waals surface area contributed by atoms with Gasteiger partial charge in [0, 0.05) is 17.8 Å². The Morgan fingerprint density at radius 3 is 2.90 bits per heavy atom. The van der Waals surface area contributed by atoms with Gasteiger partial charge >= 0.3 is 0 Å². The van der Waals surface area contributed by atoms with Gasteiger partial charge in [-0.15, -0.1) is 11.3 Å². The molecule has 0 aliphatic rings.